The fourth-order valence-electron chi connectivity index (χ4n) is 3.18. The molecular weight excluding hydrogens is 384 g/mol. The number of hydrogen-bond acceptors (Lipinski definition) is 5. The second kappa shape index (κ2) is 10.4. The molecular formula is C23H42O5Si. The first-order chi connectivity index (χ1) is 13.2. The highest BCUT2D eigenvalue weighted by Gasteiger charge is 2.41. The van der Waals surface area contributed by atoms with Gasteiger partial charge >= 0.3 is 5.97 Å². The minimum absolute atomic E-state index is 0.0647. The zero-order valence-electron chi connectivity index (χ0n) is 19.7. The molecule has 0 unspecified atom stereocenters. The smallest absolute Gasteiger partial charge is 0.308 e. The van der Waals surface area contributed by atoms with Gasteiger partial charge in [-0.1, -0.05) is 46.3 Å². The number of carbonyl (C=O) groups is 1. The van der Waals surface area contributed by atoms with Crippen molar-refractivity contribution in [3.05, 3.63) is 25.3 Å². The van der Waals surface area contributed by atoms with Crippen molar-refractivity contribution >= 4 is 14.3 Å². The average molecular weight is 427 g/mol. The third kappa shape index (κ3) is 8.00. The van der Waals surface area contributed by atoms with E-state index in [4.69, 9.17) is 18.6 Å². The molecule has 0 saturated carbocycles. The summed E-state index contributed by atoms with van der Waals surface area (Å²) in [6.07, 6.45) is 4.97. The van der Waals surface area contributed by atoms with Gasteiger partial charge < -0.3 is 18.6 Å². The van der Waals surface area contributed by atoms with E-state index in [1.807, 2.05) is 13.8 Å². The number of rotatable bonds is 11. The molecule has 0 bridgehead atoms. The average Bonchev–Trinajstić information content (AvgIpc) is 2.86. The fraction of sp³-hybridized carbons (Fsp3) is 0.783. The molecule has 1 rings (SSSR count). The van der Waals surface area contributed by atoms with Crippen LogP contribution in [0.25, 0.3) is 0 Å². The highest BCUT2D eigenvalue weighted by atomic mass is 28.4. The van der Waals surface area contributed by atoms with Crippen molar-refractivity contribution < 1.29 is 23.4 Å². The van der Waals surface area contributed by atoms with Crippen molar-refractivity contribution in [1.29, 1.82) is 0 Å². The topological polar surface area (TPSA) is 54.0 Å². The zero-order valence-corrected chi connectivity index (χ0v) is 20.7. The third-order valence-electron chi connectivity index (χ3n) is 5.74. The van der Waals surface area contributed by atoms with Gasteiger partial charge in [0.2, 0.25) is 0 Å². The van der Waals surface area contributed by atoms with Gasteiger partial charge in [-0.2, -0.15) is 0 Å². The Hall–Kier alpha value is -0.953. The Kier molecular flexibility index (Phi) is 9.33. The maximum atomic E-state index is 12.7. The molecule has 0 aromatic heterocycles. The van der Waals surface area contributed by atoms with Crippen LogP contribution in [-0.2, 0) is 23.4 Å². The van der Waals surface area contributed by atoms with Gasteiger partial charge in [-0.25, -0.2) is 0 Å². The molecule has 0 amide bonds. The Labute approximate surface area is 179 Å². The molecule has 0 N–H and O–H groups in total. The normalized spacial score (nSPS) is 24.0. The van der Waals surface area contributed by atoms with Gasteiger partial charge in [0.05, 0.1) is 18.6 Å². The van der Waals surface area contributed by atoms with Crippen molar-refractivity contribution in [2.75, 3.05) is 0 Å². The zero-order chi connectivity index (χ0) is 22.5. The van der Waals surface area contributed by atoms with E-state index in [-0.39, 0.29) is 41.8 Å². The molecule has 5 nitrogen and oxygen atoms in total. The van der Waals surface area contributed by atoms with Gasteiger partial charge in [-0.3, -0.25) is 4.79 Å². The SMILES string of the molecule is C=C[C@H](CC(=O)O[C@H](CCC)C[C@@H]1OC(C)(C)O[C@H]1C=C)O[Si](C)(C)C(C)(C)C. The van der Waals surface area contributed by atoms with E-state index in [2.05, 4.69) is 53.9 Å². The van der Waals surface area contributed by atoms with E-state index in [1.165, 1.54) is 0 Å². The quantitative estimate of drug-likeness (QED) is 0.239. The molecule has 1 saturated heterocycles. The molecule has 0 spiro atoms. The summed E-state index contributed by atoms with van der Waals surface area (Å²) in [7, 11) is -2.00. The molecule has 0 aliphatic carbocycles. The molecule has 6 heteroatoms. The first kappa shape index (κ1) is 26.1. The standard InChI is InChI=1S/C23H42O5Si/c1-11-14-18(15-20-19(13-3)26-23(7,8)27-20)25-21(24)16-17(12-2)28-29(9,10)22(4,5)6/h12-13,17-20H,2-3,11,14-16H2,1,4-10H3/t17-,18-,19+,20+/m1/s1. The molecule has 1 heterocycles. The van der Waals surface area contributed by atoms with Crippen LogP contribution in [0.1, 0.15) is 67.2 Å². The summed E-state index contributed by atoms with van der Waals surface area (Å²) in [6, 6.07) is 0. The maximum Gasteiger partial charge on any atom is 0.308 e. The van der Waals surface area contributed by atoms with E-state index in [0.29, 0.717) is 6.42 Å². The highest BCUT2D eigenvalue weighted by molar-refractivity contribution is 6.74. The Bertz CT molecular complexity index is 564. The lowest BCUT2D eigenvalue weighted by atomic mass is 10.0. The van der Waals surface area contributed by atoms with E-state index in [0.717, 1.165) is 12.8 Å². The fourth-order valence-corrected chi connectivity index (χ4v) is 4.47. The highest BCUT2D eigenvalue weighted by Crippen LogP contribution is 2.38. The van der Waals surface area contributed by atoms with Crippen LogP contribution in [0.3, 0.4) is 0 Å². The van der Waals surface area contributed by atoms with Gasteiger partial charge in [0, 0.05) is 6.42 Å². The molecule has 29 heavy (non-hydrogen) atoms. The predicted octanol–water partition coefficient (Wildman–Crippen LogP) is 5.76. The largest absolute Gasteiger partial charge is 0.462 e. The maximum absolute atomic E-state index is 12.7. The Morgan fingerprint density at radius 3 is 2.34 bits per heavy atom. The third-order valence-corrected chi connectivity index (χ3v) is 10.2. The first-order valence-corrected chi connectivity index (χ1v) is 13.6. The van der Waals surface area contributed by atoms with Gasteiger partial charge in [-0.05, 0) is 38.4 Å². The van der Waals surface area contributed by atoms with E-state index < -0.39 is 14.1 Å². The summed E-state index contributed by atoms with van der Waals surface area (Å²) < 4.78 is 24.0. The lowest BCUT2D eigenvalue weighted by molar-refractivity contribution is -0.157. The molecule has 0 aromatic rings. The summed E-state index contributed by atoms with van der Waals surface area (Å²) in [6.45, 7) is 24.4. The molecule has 1 aliphatic heterocycles. The Balaban J connectivity index is 2.72. The summed E-state index contributed by atoms with van der Waals surface area (Å²) in [5.41, 5.74) is 0. The van der Waals surface area contributed by atoms with Gasteiger partial charge in [0.1, 0.15) is 12.2 Å². The van der Waals surface area contributed by atoms with Crippen LogP contribution in [0, 0.1) is 0 Å². The Morgan fingerprint density at radius 1 is 1.24 bits per heavy atom. The van der Waals surface area contributed by atoms with E-state index in [9.17, 15) is 4.79 Å². The van der Waals surface area contributed by atoms with Gasteiger partial charge in [0.15, 0.2) is 14.1 Å². The van der Waals surface area contributed by atoms with Crippen LogP contribution in [0.5, 0.6) is 0 Å². The molecule has 1 aliphatic rings. The van der Waals surface area contributed by atoms with Crippen molar-refractivity contribution in [3.63, 3.8) is 0 Å². The predicted molar refractivity (Wildman–Crippen MR) is 120 cm³/mol. The number of esters is 1. The minimum Gasteiger partial charge on any atom is -0.462 e. The molecule has 0 radical (unpaired) electrons. The van der Waals surface area contributed by atoms with E-state index in [1.54, 1.807) is 12.2 Å². The van der Waals surface area contributed by atoms with Crippen LogP contribution in [0.2, 0.25) is 18.1 Å². The lowest BCUT2D eigenvalue weighted by Crippen LogP contribution is -2.44. The van der Waals surface area contributed by atoms with Crippen molar-refractivity contribution in [2.24, 2.45) is 0 Å². The van der Waals surface area contributed by atoms with Crippen molar-refractivity contribution in [1.82, 2.24) is 0 Å². The number of ether oxygens (including phenoxy) is 3. The first-order valence-electron chi connectivity index (χ1n) is 10.7. The summed E-state index contributed by atoms with van der Waals surface area (Å²) in [4.78, 5) is 12.7. The monoisotopic (exact) mass is 426 g/mol. The molecule has 0 aromatic carbocycles. The van der Waals surface area contributed by atoms with Gasteiger partial charge in [-0.15, -0.1) is 13.2 Å². The molecule has 168 valence electrons. The van der Waals surface area contributed by atoms with E-state index >= 15 is 0 Å². The Morgan fingerprint density at radius 2 is 1.86 bits per heavy atom. The number of carbonyl (C=O) groups excluding carboxylic acids is 1. The molecule has 4 atom stereocenters. The summed E-state index contributed by atoms with van der Waals surface area (Å²) in [5.74, 6) is -0.921. The lowest BCUT2D eigenvalue weighted by Gasteiger charge is -2.38. The van der Waals surface area contributed by atoms with Crippen LogP contribution < -0.4 is 0 Å². The second-order valence-electron chi connectivity index (χ2n) is 9.87. The molecule has 1 fully saturated rings. The van der Waals surface area contributed by atoms with Gasteiger partial charge in [0.25, 0.3) is 0 Å². The van der Waals surface area contributed by atoms with Crippen molar-refractivity contribution in [2.45, 2.75) is 116 Å². The summed E-state index contributed by atoms with van der Waals surface area (Å²) >= 11 is 0. The number of hydrogen-bond donors (Lipinski definition) is 0. The minimum atomic E-state index is -2.00. The van der Waals surface area contributed by atoms with Crippen molar-refractivity contribution in [3.8, 4) is 0 Å². The van der Waals surface area contributed by atoms with Crippen LogP contribution in [-0.4, -0.2) is 44.5 Å². The summed E-state index contributed by atoms with van der Waals surface area (Å²) in [5, 5.41) is 0.0647. The van der Waals surface area contributed by atoms with Crippen LogP contribution in [0.15, 0.2) is 25.3 Å². The van der Waals surface area contributed by atoms with Crippen LogP contribution >= 0.6 is 0 Å². The van der Waals surface area contributed by atoms with Crippen LogP contribution in [0.4, 0.5) is 0 Å². The second-order valence-corrected chi connectivity index (χ2v) is 14.6.